The van der Waals surface area contributed by atoms with Crippen LogP contribution in [0.5, 0.6) is 0 Å². The first-order chi connectivity index (χ1) is 8.73. The minimum Gasteiger partial charge on any atom is -0.481 e. The third-order valence-corrected chi connectivity index (χ3v) is 2.14. The molecule has 0 radical (unpaired) electrons. The van der Waals surface area contributed by atoms with Crippen molar-refractivity contribution in [1.29, 1.82) is 0 Å². The Bertz CT molecular complexity index is 473. The standard InChI is InChI=1S/C11H9F4NO3/c12-9(13)11(14,15)10(19)16-7-3-1-6(2-4-7)5-8(17)18/h1-4,9H,5H2,(H,16,19)(H,17,18). The summed E-state index contributed by atoms with van der Waals surface area (Å²) in [5, 5.41) is 10.1. The first-order valence-electron chi connectivity index (χ1n) is 5.01. The van der Waals surface area contributed by atoms with Gasteiger partial charge in [-0.1, -0.05) is 12.1 Å². The number of carbonyl (C=O) groups excluding carboxylic acids is 1. The van der Waals surface area contributed by atoms with Crippen LogP contribution in [0.2, 0.25) is 0 Å². The highest BCUT2D eigenvalue weighted by atomic mass is 19.3. The van der Waals surface area contributed by atoms with Crippen LogP contribution in [-0.2, 0) is 16.0 Å². The summed E-state index contributed by atoms with van der Waals surface area (Å²) in [6, 6.07) is 4.87. The Kier molecular flexibility index (Phi) is 4.47. The predicted octanol–water partition coefficient (Wildman–Crippen LogP) is 2.15. The van der Waals surface area contributed by atoms with Gasteiger partial charge in [-0.2, -0.15) is 8.78 Å². The molecule has 8 heteroatoms. The number of amides is 1. The zero-order valence-corrected chi connectivity index (χ0v) is 9.37. The second-order valence-electron chi connectivity index (χ2n) is 3.65. The van der Waals surface area contributed by atoms with Crippen LogP contribution in [0.25, 0.3) is 0 Å². The zero-order valence-electron chi connectivity index (χ0n) is 9.37. The van der Waals surface area contributed by atoms with Crippen molar-refractivity contribution >= 4 is 17.6 Å². The van der Waals surface area contributed by atoms with E-state index >= 15 is 0 Å². The van der Waals surface area contributed by atoms with Crippen molar-refractivity contribution < 1.29 is 32.3 Å². The Morgan fingerprint density at radius 3 is 2.16 bits per heavy atom. The van der Waals surface area contributed by atoms with Gasteiger partial charge in [0, 0.05) is 5.69 Å². The number of halogens is 4. The van der Waals surface area contributed by atoms with E-state index in [4.69, 9.17) is 5.11 Å². The number of aliphatic carboxylic acids is 1. The molecule has 0 unspecified atom stereocenters. The van der Waals surface area contributed by atoms with E-state index in [-0.39, 0.29) is 12.1 Å². The SMILES string of the molecule is O=C(O)Cc1ccc(NC(=O)C(F)(F)C(F)F)cc1. The summed E-state index contributed by atoms with van der Waals surface area (Å²) in [6.45, 7) is 0. The molecule has 0 aliphatic rings. The zero-order chi connectivity index (χ0) is 14.6. The van der Waals surface area contributed by atoms with Crippen molar-refractivity contribution in [2.75, 3.05) is 5.32 Å². The number of carboxylic acid groups (broad SMARTS) is 1. The minimum absolute atomic E-state index is 0.125. The normalized spacial score (nSPS) is 11.4. The Labute approximate surface area is 105 Å². The van der Waals surface area contributed by atoms with Crippen molar-refractivity contribution in [2.24, 2.45) is 0 Å². The van der Waals surface area contributed by atoms with E-state index in [0.29, 0.717) is 5.56 Å². The van der Waals surface area contributed by atoms with Crippen LogP contribution in [0.4, 0.5) is 23.2 Å². The van der Waals surface area contributed by atoms with Crippen LogP contribution < -0.4 is 5.32 Å². The lowest BCUT2D eigenvalue weighted by molar-refractivity contribution is -0.163. The van der Waals surface area contributed by atoms with Gasteiger partial charge in [-0.15, -0.1) is 0 Å². The summed E-state index contributed by atoms with van der Waals surface area (Å²) in [6.07, 6.45) is -4.37. The number of hydrogen-bond donors (Lipinski definition) is 2. The number of hydrogen-bond acceptors (Lipinski definition) is 2. The molecule has 4 nitrogen and oxygen atoms in total. The average molecular weight is 279 g/mol. The van der Waals surface area contributed by atoms with Crippen molar-refractivity contribution in [2.45, 2.75) is 18.8 Å². The van der Waals surface area contributed by atoms with E-state index in [1.54, 1.807) is 5.32 Å². The summed E-state index contributed by atoms with van der Waals surface area (Å²) < 4.78 is 49.1. The lowest BCUT2D eigenvalue weighted by Gasteiger charge is -2.14. The maximum absolute atomic E-state index is 12.6. The molecular formula is C11H9F4NO3. The van der Waals surface area contributed by atoms with Crippen molar-refractivity contribution in [3.8, 4) is 0 Å². The van der Waals surface area contributed by atoms with Crippen LogP contribution in [-0.4, -0.2) is 29.3 Å². The van der Waals surface area contributed by atoms with Crippen LogP contribution >= 0.6 is 0 Å². The molecule has 0 aliphatic carbocycles. The highest BCUT2D eigenvalue weighted by Gasteiger charge is 2.48. The molecule has 0 spiro atoms. The van der Waals surface area contributed by atoms with E-state index < -0.39 is 24.2 Å². The molecule has 0 atom stereocenters. The summed E-state index contributed by atoms with van der Waals surface area (Å²) >= 11 is 0. The van der Waals surface area contributed by atoms with Crippen molar-refractivity contribution in [3.05, 3.63) is 29.8 Å². The van der Waals surface area contributed by atoms with Gasteiger partial charge in [0.25, 0.3) is 0 Å². The van der Waals surface area contributed by atoms with Gasteiger partial charge in [-0.3, -0.25) is 9.59 Å². The minimum atomic E-state index is -4.78. The first-order valence-corrected chi connectivity index (χ1v) is 5.01. The number of alkyl halides is 4. The molecule has 1 rings (SSSR count). The highest BCUT2D eigenvalue weighted by molar-refractivity contribution is 5.96. The summed E-state index contributed by atoms with van der Waals surface area (Å²) in [4.78, 5) is 21.3. The predicted molar refractivity (Wildman–Crippen MR) is 57.4 cm³/mol. The lowest BCUT2D eigenvalue weighted by Crippen LogP contribution is -2.40. The maximum Gasteiger partial charge on any atom is 0.383 e. The molecule has 1 aromatic rings. The first kappa shape index (κ1) is 14.9. The Hall–Kier alpha value is -2.12. The molecule has 1 amide bonds. The van der Waals surface area contributed by atoms with E-state index in [0.717, 1.165) is 12.1 Å². The number of anilines is 1. The second-order valence-corrected chi connectivity index (χ2v) is 3.65. The molecule has 0 aromatic heterocycles. The third kappa shape index (κ3) is 3.94. The summed E-state index contributed by atoms with van der Waals surface area (Å²) in [5.74, 6) is -7.98. The number of carbonyl (C=O) groups is 2. The van der Waals surface area contributed by atoms with E-state index in [2.05, 4.69) is 0 Å². The fourth-order valence-corrected chi connectivity index (χ4v) is 1.19. The van der Waals surface area contributed by atoms with E-state index in [1.165, 1.54) is 12.1 Å². The maximum atomic E-state index is 12.6. The molecule has 0 aliphatic heterocycles. The van der Waals surface area contributed by atoms with Gasteiger partial charge in [-0.25, -0.2) is 8.78 Å². The van der Waals surface area contributed by atoms with Gasteiger partial charge in [-0.05, 0) is 17.7 Å². The Balaban J connectivity index is 2.73. The number of rotatable bonds is 5. The Morgan fingerprint density at radius 2 is 1.74 bits per heavy atom. The largest absolute Gasteiger partial charge is 0.481 e. The molecule has 0 saturated heterocycles. The molecule has 0 saturated carbocycles. The topological polar surface area (TPSA) is 66.4 Å². The fourth-order valence-electron chi connectivity index (χ4n) is 1.19. The molecule has 19 heavy (non-hydrogen) atoms. The molecular weight excluding hydrogens is 270 g/mol. The molecule has 0 heterocycles. The van der Waals surface area contributed by atoms with Gasteiger partial charge in [0.05, 0.1) is 6.42 Å². The average Bonchev–Trinajstić information content (AvgIpc) is 2.30. The summed E-state index contributed by atoms with van der Waals surface area (Å²) in [5.41, 5.74) is 0.255. The van der Waals surface area contributed by atoms with Gasteiger partial charge in [0.1, 0.15) is 0 Å². The third-order valence-electron chi connectivity index (χ3n) is 2.14. The number of benzene rings is 1. The van der Waals surface area contributed by atoms with Gasteiger partial charge < -0.3 is 10.4 Å². The molecule has 0 fully saturated rings. The van der Waals surface area contributed by atoms with E-state index in [9.17, 15) is 27.2 Å². The van der Waals surface area contributed by atoms with Crippen LogP contribution in [0, 0.1) is 0 Å². The Morgan fingerprint density at radius 1 is 1.21 bits per heavy atom. The van der Waals surface area contributed by atoms with Gasteiger partial charge in [0.15, 0.2) is 0 Å². The lowest BCUT2D eigenvalue weighted by atomic mass is 10.1. The van der Waals surface area contributed by atoms with Crippen LogP contribution in [0.3, 0.4) is 0 Å². The number of nitrogens with one attached hydrogen (secondary N) is 1. The molecule has 0 bridgehead atoms. The second kappa shape index (κ2) is 5.68. The van der Waals surface area contributed by atoms with E-state index in [1.807, 2.05) is 0 Å². The number of carboxylic acids is 1. The van der Waals surface area contributed by atoms with Crippen molar-refractivity contribution in [1.82, 2.24) is 0 Å². The van der Waals surface area contributed by atoms with Gasteiger partial charge >= 0.3 is 24.2 Å². The molecule has 2 N–H and O–H groups in total. The molecule has 104 valence electrons. The molecule has 1 aromatic carbocycles. The fraction of sp³-hybridized carbons (Fsp3) is 0.273. The van der Waals surface area contributed by atoms with Gasteiger partial charge in [0.2, 0.25) is 0 Å². The smallest absolute Gasteiger partial charge is 0.383 e. The summed E-state index contributed by atoms with van der Waals surface area (Å²) in [7, 11) is 0. The quantitative estimate of drug-likeness (QED) is 0.812. The van der Waals surface area contributed by atoms with Crippen molar-refractivity contribution in [3.63, 3.8) is 0 Å². The monoisotopic (exact) mass is 279 g/mol. The van der Waals surface area contributed by atoms with Crippen LogP contribution in [0.1, 0.15) is 5.56 Å². The van der Waals surface area contributed by atoms with Crippen LogP contribution in [0.15, 0.2) is 24.3 Å². The highest BCUT2D eigenvalue weighted by Crippen LogP contribution is 2.24.